The van der Waals surface area contributed by atoms with Crippen LogP contribution in [0.25, 0.3) is 18.2 Å². The number of piperidine rings is 3. The number of benzene rings is 6. The second-order valence-corrected chi connectivity index (χ2v) is 29.7. The number of ether oxygens (including phenoxy) is 3. The molecule has 0 unspecified atom stereocenters. The maximum absolute atomic E-state index is 13.5. The van der Waals surface area contributed by atoms with E-state index in [1.807, 2.05) is 99.7 Å². The monoisotopic (exact) mass is 1540 g/mol. The zero-order valence-electron chi connectivity index (χ0n) is 60.0. The summed E-state index contributed by atoms with van der Waals surface area (Å²) < 4.78 is 68.0. The van der Waals surface area contributed by atoms with Crippen molar-refractivity contribution in [2.45, 2.75) is 60.9 Å². The summed E-state index contributed by atoms with van der Waals surface area (Å²) in [5, 5.41) is 1.65. The largest absolute Gasteiger partial charge is 0.497 e. The molecule has 3 fully saturated rings. The van der Waals surface area contributed by atoms with Crippen molar-refractivity contribution < 1.29 is 46.2 Å². The van der Waals surface area contributed by atoms with Crippen molar-refractivity contribution in [1.29, 1.82) is 0 Å². The number of carbonyl (C=O) groups excluding carboxylic acids is 3. The molecule has 0 radical (unpaired) electrons. The van der Waals surface area contributed by atoms with Gasteiger partial charge in [-0.05, 0) is 239 Å². The fraction of sp³-hybridized carbons (Fsp3) is 0.294. The Morgan fingerprint density at radius 3 is 1.00 bits per heavy atom. The number of amides is 3. The number of methoxy groups -OCH3 is 3. The summed E-state index contributed by atoms with van der Waals surface area (Å²) in [6.45, 7) is 9.71. The van der Waals surface area contributed by atoms with Crippen LogP contribution in [-0.2, 0) is 22.4 Å². The van der Waals surface area contributed by atoms with E-state index in [1.165, 1.54) is 41.6 Å². The molecule has 0 N–H and O–H groups in total. The first-order valence-electron chi connectivity index (χ1n) is 35.8. The minimum Gasteiger partial charge on any atom is -0.497 e. The summed E-state index contributed by atoms with van der Waals surface area (Å²) in [5.41, 5.74) is 9.66. The molecule has 3 saturated heterocycles. The second-order valence-electron chi connectivity index (χ2n) is 28.1. The Kier molecular flexibility index (Phi) is 23.9. The highest BCUT2D eigenvalue weighted by Crippen LogP contribution is 2.52. The highest BCUT2D eigenvalue weighted by atomic mass is 35.5. The topological polar surface area (TPSA) is 137 Å². The number of alkyl halides is 3. The number of aromatic nitrogens is 3. The predicted octanol–water partition coefficient (Wildman–Crippen LogP) is 18.2. The highest BCUT2D eigenvalue weighted by molar-refractivity contribution is 6.31. The number of nitrogens with zero attached hydrogens (tertiary/aromatic N) is 9. The third-order valence-electron chi connectivity index (χ3n) is 21.7. The molecule has 23 heteroatoms. The van der Waals surface area contributed by atoms with Gasteiger partial charge in [0.05, 0.1) is 26.9 Å². The van der Waals surface area contributed by atoms with Gasteiger partial charge in [0.15, 0.2) is 0 Å². The number of hydrogen-bond acceptors (Lipinski definition) is 12. The molecule has 6 aromatic carbocycles. The van der Waals surface area contributed by atoms with E-state index in [2.05, 4.69) is 60.0 Å². The summed E-state index contributed by atoms with van der Waals surface area (Å²) in [5.74, 6) is 1.92. The predicted molar refractivity (Wildman–Crippen MR) is 420 cm³/mol. The first kappa shape index (κ1) is 76.7. The van der Waals surface area contributed by atoms with Crippen molar-refractivity contribution in [1.82, 2.24) is 29.7 Å². The summed E-state index contributed by atoms with van der Waals surface area (Å²) >= 11 is 24.1. The lowest BCUT2D eigenvalue weighted by Gasteiger charge is -2.39. The lowest BCUT2D eigenvalue weighted by atomic mass is 9.74. The molecule has 9 heterocycles. The molecule has 3 aromatic heterocycles. The van der Waals surface area contributed by atoms with Gasteiger partial charge in [0, 0.05) is 113 Å². The molecule has 15 rings (SSSR count). The Balaban J connectivity index is 0.000000143. The van der Waals surface area contributed by atoms with Crippen LogP contribution in [-0.4, -0.2) is 147 Å². The summed E-state index contributed by atoms with van der Waals surface area (Å²) in [7, 11) is 4.99. The molecule has 0 atom stereocenters. The molecule has 6 aliphatic heterocycles. The molecule has 3 spiro atoms. The molecule has 108 heavy (non-hydrogen) atoms. The van der Waals surface area contributed by atoms with Crippen LogP contribution in [0.2, 0.25) is 20.5 Å². The number of fused-ring (bicyclic) bond motifs is 6. The molecule has 9 aromatic rings. The molecule has 0 bridgehead atoms. The number of likely N-dealkylation sites (tertiary alicyclic amines) is 3. The van der Waals surface area contributed by atoms with Crippen LogP contribution in [0.3, 0.4) is 0 Å². The van der Waals surface area contributed by atoms with Gasteiger partial charge in [-0.25, -0.2) is 19.3 Å². The molecular formula is C85H81Cl4F4N9O6. The third-order valence-corrected chi connectivity index (χ3v) is 22.5. The highest BCUT2D eigenvalue weighted by Gasteiger charge is 2.50. The van der Waals surface area contributed by atoms with Crippen molar-refractivity contribution in [3.05, 3.63) is 283 Å². The fourth-order valence-corrected chi connectivity index (χ4v) is 16.3. The first-order chi connectivity index (χ1) is 52.1. The summed E-state index contributed by atoms with van der Waals surface area (Å²) in [6.07, 6.45) is 18.2. The van der Waals surface area contributed by atoms with Gasteiger partial charge < -0.3 is 28.9 Å². The van der Waals surface area contributed by atoms with Crippen molar-refractivity contribution in [2.24, 2.45) is 0 Å². The van der Waals surface area contributed by atoms with Gasteiger partial charge in [0.2, 0.25) is 0 Å². The van der Waals surface area contributed by atoms with E-state index in [0.717, 1.165) is 165 Å². The van der Waals surface area contributed by atoms with Crippen LogP contribution < -0.4 is 28.9 Å². The van der Waals surface area contributed by atoms with Gasteiger partial charge in [-0.2, -0.15) is 13.2 Å². The van der Waals surface area contributed by atoms with Gasteiger partial charge >= 0.3 is 6.18 Å². The Morgan fingerprint density at radius 2 is 0.713 bits per heavy atom. The van der Waals surface area contributed by atoms with E-state index in [1.54, 1.807) is 82.3 Å². The maximum atomic E-state index is 13.5. The normalized spacial score (nSPS) is 17.2. The van der Waals surface area contributed by atoms with Crippen molar-refractivity contribution >= 4 is 99.4 Å². The summed E-state index contributed by atoms with van der Waals surface area (Å²) in [4.78, 5) is 65.3. The third kappa shape index (κ3) is 17.5. The Bertz CT molecular complexity index is 4610. The van der Waals surface area contributed by atoms with Crippen LogP contribution in [0.1, 0.15) is 109 Å². The molecule has 558 valence electrons. The minimum atomic E-state index is -4.33. The molecule has 0 saturated carbocycles. The van der Waals surface area contributed by atoms with Crippen LogP contribution in [0, 0.1) is 5.82 Å². The van der Waals surface area contributed by atoms with Crippen molar-refractivity contribution in [3.8, 4) is 17.2 Å². The number of rotatable bonds is 15. The van der Waals surface area contributed by atoms with Crippen LogP contribution >= 0.6 is 46.4 Å². The Morgan fingerprint density at radius 1 is 0.417 bits per heavy atom. The van der Waals surface area contributed by atoms with E-state index in [9.17, 15) is 31.9 Å². The van der Waals surface area contributed by atoms with Gasteiger partial charge in [-0.15, -0.1) is 0 Å². The van der Waals surface area contributed by atoms with Crippen molar-refractivity contribution in [2.75, 3.05) is 115 Å². The van der Waals surface area contributed by atoms with E-state index >= 15 is 0 Å². The van der Waals surface area contributed by atoms with Gasteiger partial charge in [-0.1, -0.05) is 119 Å². The number of halogens is 8. The van der Waals surface area contributed by atoms with Crippen molar-refractivity contribution in [3.63, 3.8) is 0 Å². The number of hydrogen-bond donors (Lipinski definition) is 0. The first-order valence-corrected chi connectivity index (χ1v) is 37.4. The van der Waals surface area contributed by atoms with Gasteiger partial charge in [-0.3, -0.25) is 29.1 Å². The second kappa shape index (κ2) is 33.6. The quantitative estimate of drug-likeness (QED) is 0.0713. The molecule has 0 aliphatic carbocycles. The SMILES string of the molecule is COc1ccc2c(c1)C1(CCN(C/C=C/c3ccc(C(F)(F)F)cc3)CC1)CN2C(=O)c1ccnc(Cl)c1.COc1ccc2c(c1)C1(CCN(C/C=C/c3ccc(Cl)cc3)CC1)CN2C(=O)c1ccnc(Cl)c1.COc1ccc2c(c1)C1(CCN(C/C=C/c3ccc(F)cc3)CC1)CN2C(=O)c1ccnc(Cl)c1. The minimum absolute atomic E-state index is 0.0501. The average molecular weight is 1540 g/mol. The standard InChI is InChI=1S/C29H27ClF3N3O2.C28H27Cl2N3O2.C28H27ClFN3O2/c1-38-23-8-9-25-24(18-23)28(19-36(25)27(37)21-10-13-34-26(30)17-21)11-15-35(16-12-28)14-2-3-20-4-6-22(7-5-20)29(31,32)33;1-35-23-8-9-25-24(18-23)28(19-33(25)27(34)21-10-13-31-26(30)17-21)11-15-32(16-12-28)14-2-3-20-4-6-22(29)7-5-20;1-35-23-8-9-25-24(18-23)28(19-33(25)27(34)21-10-13-31-26(29)17-21)11-15-32(16-12-28)14-2-3-20-4-6-22(30)7-5-20/h2-10,13,17-18H,11-12,14-16,19H2,1H3;2*2-10,13,17-18H,11-12,14-16,19H2,1H3/b3*3-2+. The number of pyridine rings is 3. The van der Waals surface area contributed by atoms with E-state index < -0.39 is 11.7 Å². The van der Waals surface area contributed by atoms with Gasteiger partial charge in [0.1, 0.15) is 38.5 Å². The lowest BCUT2D eigenvalue weighted by molar-refractivity contribution is -0.137. The molecule has 15 nitrogen and oxygen atoms in total. The maximum Gasteiger partial charge on any atom is 0.416 e. The van der Waals surface area contributed by atoms with Crippen LogP contribution in [0.4, 0.5) is 34.6 Å². The summed E-state index contributed by atoms with van der Waals surface area (Å²) in [6, 6.07) is 47.4. The zero-order valence-corrected chi connectivity index (χ0v) is 63.0. The lowest BCUT2D eigenvalue weighted by Crippen LogP contribution is -2.46. The Hall–Kier alpha value is -9.44. The smallest absolute Gasteiger partial charge is 0.416 e. The molecular weight excluding hydrogens is 1460 g/mol. The fourth-order valence-electron chi connectivity index (χ4n) is 15.7. The zero-order chi connectivity index (χ0) is 75.7. The molecule has 3 amide bonds. The van der Waals surface area contributed by atoms with E-state index in [-0.39, 0.29) is 44.9 Å². The van der Waals surface area contributed by atoms with Crippen LogP contribution in [0.15, 0.2) is 201 Å². The number of anilines is 3. The molecule has 6 aliphatic rings. The van der Waals surface area contributed by atoms with Gasteiger partial charge in [0.25, 0.3) is 17.7 Å². The Labute approximate surface area is 646 Å². The van der Waals surface area contributed by atoms with Crippen LogP contribution in [0.5, 0.6) is 17.2 Å². The van der Waals surface area contributed by atoms with E-state index in [4.69, 9.17) is 60.6 Å². The number of carbonyl (C=O) groups is 3. The van der Waals surface area contributed by atoms with E-state index in [0.29, 0.717) is 53.2 Å². The average Bonchev–Trinajstić information content (AvgIpc) is 1.60.